The van der Waals surface area contributed by atoms with Gasteiger partial charge >= 0.3 is 0 Å². The second-order valence-electron chi connectivity index (χ2n) is 6.65. The summed E-state index contributed by atoms with van der Waals surface area (Å²) >= 11 is 0. The fourth-order valence-electron chi connectivity index (χ4n) is 3.27. The molecule has 0 atom stereocenters. The molecule has 1 aliphatic rings. The molecule has 0 unspecified atom stereocenters. The number of hydrogen-bond donors (Lipinski definition) is 1. The van der Waals surface area contributed by atoms with Crippen LogP contribution in [0.2, 0.25) is 0 Å². The Labute approximate surface area is 158 Å². The molecule has 1 fully saturated rings. The van der Waals surface area contributed by atoms with Crippen LogP contribution in [-0.2, 0) is 0 Å². The van der Waals surface area contributed by atoms with Crippen LogP contribution in [0.25, 0.3) is 0 Å². The van der Waals surface area contributed by atoms with Crippen molar-refractivity contribution in [2.75, 3.05) is 44.2 Å². The van der Waals surface area contributed by atoms with Gasteiger partial charge in [0.05, 0.1) is 44.3 Å². The van der Waals surface area contributed by atoms with Gasteiger partial charge in [-0.1, -0.05) is 0 Å². The smallest absolute Gasteiger partial charge is 0.269 e. The van der Waals surface area contributed by atoms with Crippen molar-refractivity contribution in [2.45, 2.75) is 6.42 Å². The third kappa shape index (κ3) is 5.27. The third-order valence-electron chi connectivity index (χ3n) is 4.86. The van der Waals surface area contributed by atoms with Crippen molar-refractivity contribution in [1.29, 1.82) is 0 Å². The number of nitrogens with one attached hydrogen (secondary N) is 1. The van der Waals surface area contributed by atoms with E-state index in [0.29, 0.717) is 12.2 Å². The van der Waals surface area contributed by atoms with Crippen LogP contribution < -0.4 is 14.5 Å². The van der Waals surface area contributed by atoms with Crippen molar-refractivity contribution in [3.63, 3.8) is 0 Å². The van der Waals surface area contributed by atoms with Crippen molar-refractivity contribution in [3.05, 3.63) is 64.2 Å². The lowest BCUT2D eigenvalue weighted by Crippen LogP contribution is -3.14. The predicted octanol–water partition coefficient (Wildman–Crippen LogP) is 1.58. The minimum atomic E-state index is -0.370. The van der Waals surface area contributed by atoms with Crippen LogP contribution in [0.1, 0.15) is 16.8 Å². The van der Waals surface area contributed by atoms with Gasteiger partial charge in [-0.15, -0.1) is 0 Å². The van der Waals surface area contributed by atoms with Gasteiger partial charge in [-0.3, -0.25) is 14.9 Å². The molecule has 1 heterocycles. The minimum absolute atomic E-state index is 0.129. The number of non-ortho nitro benzene ring substituents is 1. The molecule has 27 heavy (non-hydrogen) atoms. The van der Waals surface area contributed by atoms with Crippen molar-refractivity contribution >= 4 is 17.7 Å². The summed E-state index contributed by atoms with van der Waals surface area (Å²) in [5, 5.41) is 10.7. The first-order chi connectivity index (χ1) is 13.2. The largest absolute Gasteiger partial charge is 0.493 e. The van der Waals surface area contributed by atoms with Gasteiger partial charge < -0.3 is 14.5 Å². The average Bonchev–Trinajstić information content (AvgIpc) is 2.72. The number of quaternary nitrogens is 1. The second-order valence-corrected chi connectivity index (χ2v) is 6.65. The lowest BCUT2D eigenvalue weighted by Gasteiger charge is -2.33. The first-order valence-electron chi connectivity index (χ1n) is 9.17. The lowest BCUT2D eigenvalue weighted by atomic mass is 10.2. The molecule has 2 aromatic rings. The molecular formula is C20H24N3O4+. The highest BCUT2D eigenvalue weighted by Gasteiger charge is 2.20. The highest BCUT2D eigenvalue weighted by Crippen LogP contribution is 2.19. The van der Waals surface area contributed by atoms with Crippen molar-refractivity contribution in [3.8, 4) is 5.75 Å². The normalized spacial score (nSPS) is 14.7. The van der Waals surface area contributed by atoms with E-state index in [0.717, 1.165) is 56.9 Å². The van der Waals surface area contributed by atoms with E-state index in [-0.39, 0.29) is 10.6 Å². The zero-order valence-corrected chi connectivity index (χ0v) is 15.2. The molecule has 2 aromatic carbocycles. The Morgan fingerprint density at radius 1 is 1.07 bits per heavy atom. The van der Waals surface area contributed by atoms with Crippen LogP contribution in [0, 0.1) is 10.1 Å². The molecule has 0 bridgehead atoms. The third-order valence-corrected chi connectivity index (χ3v) is 4.86. The maximum atomic E-state index is 10.7. The topological polar surface area (TPSA) is 77.1 Å². The summed E-state index contributed by atoms with van der Waals surface area (Å²) < 4.78 is 5.72. The number of nitro benzene ring substituents is 1. The summed E-state index contributed by atoms with van der Waals surface area (Å²) in [5.41, 5.74) is 1.82. The van der Waals surface area contributed by atoms with Gasteiger partial charge in [-0.05, 0) is 36.4 Å². The summed E-state index contributed by atoms with van der Waals surface area (Å²) in [7, 11) is 0. The molecule has 1 aliphatic heterocycles. The standard InChI is InChI=1S/C20H23N3O4/c24-16-17-2-8-20(9-3-17)27-15-1-10-21-11-13-22(14-12-21)18-4-6-19(7-5-18)23(25)26/h2-9,16H,1,10-15H2/p+1. The van der Waals surface area contributed by atoms with Gasteiger partial charge in [0.1, 0.15) is 12.0 Å². The molecule has 1 N–H and O–H groups in total. The van der Waals surface area contributed by atoms with Gasteiger partial charge in [-0.25, -0.2) is 0 Å². The minimum Gasteiger partial charge on any atom is -0.493 e. The predicted molar refractivity (Wildman–Crippen MR) is 103 cm³/mol. The average molecular weight is 370 g/mol. The van der Waals surface area contributed by atoms with Crippen molar-refractivity contribution < 1.29 is 19.4 Å². The highest BCUT2D eigenvalue weighted by atomic mass is 16.6. The Bertz CT molecular complexity index is 754. The number of hydrogen-bond acceptors (Lipinski definition) is 5. The van der Waals surface area contributed by atoms with Crippen molar-refractivity contribution in [2.24, 2.45) is 0 Å². The zero-order chi connectivity index (χ0) is 19.1. The molecule has 0 aromatic heterocycles. The van der Waals surface area contributed by atoms with Gasteiger partial charge in [0, 0.05) is 29.8 Å². The lowest BCUT2D eigenvalue weighted by molar-refractivity contribution is -0.900. The number of benzene rings is 2. The molecule has 3 rings (SSSR count). The molecule has 0 spiro atoms. The van der Waals surface area contributed by atoms with E-state index in [9.17, 15) is 14.9 Å². The SMILES string of the molecule is O=Cc1ccc(OCCC[NH+]2CCN(c3ccc([N+](=O)[O-])cc3)CC2)cc1. The van der Waals surface area contributed by atoms with E-state index in [1.807, 2.05) is 24.3 Å². The van der Waals surface area contributed by atoms with E-state index >= 15 is 0 Å². The Morgan fingerprint density at radius 3 is 2.33 bits per heavy atom. The number of carbonyl (C=O) groups excluding carboxylic acids is 1. The van der Waals surface area contributed by atoms with Crippen LogP contribution in [-0.4, -0.2) is 50.5 Å². The number of rotatable bonds is 8. The molecule has 0 saturated carbocycles. The van der Waals surface area contributed by atoms with Gasteiger partial charge in [0.15, 0.2) is 0 Å². The monoisotopic (exact) mass is 370 g/mol. The number of nitro groups is 1. The molecule has 7 nitrogen and oxygen atoms in total. The molecule has 7 heteroatoms. The fourth-order valence-corrected chi connectivity index (χ4v) is 3.27. The molecule has 142 valence electrons. The summed E-state index contributed by atoms with van der Waals surface area (Å²) in [6.45, 7) is 5.70. The van der Waals surface area contributed by atoms with Crippen LogP contribution in [0.3, 0.4) is 0 Å². The molecule has 0 radical (unpaired) electrons. The van der Waals surface area contributed by atoms with Gasteiger partial charge in [-0.2, -0.15) is 0 Å². The first kappa shape index (κ1) is 18.8. The summed E-state index contributed by atoms with van der Waals surface area (Å²) in [6, 6.07) is 13.9. The Kier molecular flexibility index (Phi) is 6.38. The van der Waals surface area contributed by atoms with Gasteiger partial charge in [0.25, 0.3) is 5.69 Å². The number of anilines is 1. The number of carbonyl (C=O) groups is 1. The van der Waals surface area contributed by atoms with Crippen LogP contribution in [0.15, 0.2) is 48.5 Å². The Balaban J connectivity index is 1.36. The molecular weight excluding hydrogens is 346 g/mol. The zero-order valence-electron chi connectivity index (χ0n) is 15.2. The molecule has 1 saturated heterocycles. The maximum Gasteiger partial charge on any atom is 0.269 e. The van der Waals surface area contributed by atoms with E-state index in [1.54, 1.807) is 29.2 Å². The van der Waals surface area contributed by atoms with E-state index in [2.05, 4.69) is 4.90 Å². The highest BCUT2D eigenvalue weighted by molar-refractivity contribution is 5.74. The van der Waals surface area contributed by atoms with E-state index in [4.69, 9.17) is 4.74 Å². The number of nitrogens with zero attached hydrogens (tertiary/aromatic N) is 2. The Hall–Kier alpha value is -2.93. The molecule has 0 amide bonds. The number of ether oxygens (including phenoxy) is 1. The quantitative estimate of drug-likeness (QED) is 0.330. The maximum absolute atomic E-state index is 10.7. The van der Waals surface area contributed by atoms with E-state index < -0.39 is 0 Å². The van der Waals surface area contributed by atoms with E-state index in [1.165, 1.54) is 0 Å². The van der Waals surface area contributed by atoms with Gasteiger partial charge in [0.2, 0.25) is 0 Å². The van der Waals surface area contributed by atoms with Crippen LogP contribution >= 0.6 is 0 Å². The summed E-state index contributed by atoms with van der Waals surface area (Å²) in [5.74, 6) is 0.790. The first-order valence-corrected chi connectivity index (χ1v) is 9.17. The number of piperazine rings is 1. The fraction of sp³-hybridized carbons (Fsp3) is 0.350. The van der Waals surface area contributed by atoms with Crippen LogP contribution in [0.5, 0.6) is 5.75 Å². The van der Waals surface area contributed by atoms with Crippen molar-refractivity contribution in [1.82, 2.24) is 0 Å². The summed E-state index contributed by atoms with van der Waals surface area (Å²) in [4.78, 5) is 24.8. The molecule has 0 aliphatic carbocycles. The summed E-state index contributed by atoms with van der Waals surface area (Å²) in [6.07, 6.45) is 1.80. The van der Waals surface area contributed by atoms with Crippen LogP contribution in [0.4, 0.5) is 11.4 Å². The second kappa shape index (κ2) is 9.14. The Morgan fingerprint density at radius 2 is 1.74 bits per heavy atom. The number of aldehydes is 1.